The number of methoxy groups -OCH3 is 1. The molecule has 1 aliphatic rings. The second-order valence-electron chi connectivity index (χ2n) is 6.03. The normalized spacial score (nSPS) is 20.6. The minimum Gasteiger partial charge on any atom is -0.497 e. The van der Waals surface area contributed by atoms with Crippen molar-refractivity contribution in [1.29, 1.82) is 0 Å². The van der Waals surface area contributed by atoms with Crippen LogP contribution in [0.25, 0.3) is 0 Å². The standard InChI is InChI=1S/C17H28N2O/c1-13(2)19(12-16-6-5-11-18-16)14(3)15-7-9-17(20-4)10-8-15/h7-10,13-14,16,18H,5-6,11-12H2,1-4H3. The van der Waals surface area contributed by atoms with Crippen molar-refractivity contribution in [1.82, 2.24) is 10.2 Å². The SMILES string of the molecule is COc1ccc(C(C)N(CC2CCCN2)C(C)C)cc1. The molecule has 1 aromatic carbocycles. The minimum absolute atomic E-state index is 0.434. The average molecular weight is 276 g/mol. The lowest BCUT2D eigenvalue weighted by molar-refractivity contribution is 0.149. The number of nitrogens with one attached hydrogen (secondary N) is 1. The Labute approximate surface area is 123 Å². The quantitative estimate of drug-likeness (QED) is 0.863. The Hall–Kier alpha value is -1.06. The summed E-state index contributed by atoms with van der Waals surface area (Å²) < 4.78 is 5.24. The summed E-state index contributed by atoms with van der Waals surface area (Å²) >= 11 is 0. The van der Waals surface area contributed by atoms with Crippen LogP contribution in [0.1, 0.15) is 45.2 Å². The third-order valence-electron chi connectivity index (χ3n) is 4.35. The highest BCUT2D eigenvalue weighted by Gasteiger charge is 2.24. The van der Waals surface area contributed by atoms with Gasteiger partial charge in [0.05, 0.1) is 7.11 Å². The van der Waals surface area contributed by atoms with Crippen LogP contribution in [0.3, 0.4) is 0 Å². The second kappa shape index (κ2) is 7.09. The second-order valence-corrected chi connectivity index (χ2v) is 6.03. The van der Waals surface area contributed by atoms with Gasteiger partial charge in [-0.3, -0.25) is 4.90 Å². The zero-order valence-electron chi connectivity index (χ0n) is 13.2. The monoisotopic (exact) mass is 276 g/mol. The van der Waals surface area contributed by atoms with Gasteiger partial charge in [0.2, 0.25) is 0 Å². The van der Waals surface area contributed by atoms with E-state index in [1.807, 2.05) is 0 Å². The van der Waals surface area contributed by atoms with Crippen LogP contribution in [0.5, 0.6) is 5.75 Å². The Kier molecular flexibility index (Phi) is 5.44. The maximum absolute atomic E-state index is 5.24. The molecular weight excluding hydrogens is 248 g/mol. The number of nitrogens with zero attached hydrogens (tertiary/aromatic N) is 1. The van der Waals surface area contributed by atoms with Gasteiger partial charge in [0.1, 0.15) is 5.75 Å². The molecule has 1 heterocycles. The van der Waals surface area contributed by atoms with Gasteiger partial charge in [-0.05, 0) is 57.9 Å². The van der Waals surface area contributed by atoms with Crippen LogP contribution in [0, 0.1) is 0 Å². The van der Waals surface area contributed by atoms with Crippen molar-refractivity contribution in [2.24, 2.45) is 0 Å². The molecule has 1 fully saturated rings. The molecule has 0 aromatic heterocycles. The molecule has 3 nitrogen and oxygen atoms in total. The summed E-state index contributed by atoms with van der Waals surface area (Å²) in [6, 6.07) is 10.1. The molecule has 0 aliphatic carbocycles. The molecule has 2 atom stereocenters. The van der Waals surface area contributed by atoms with E-state index in [1.165, 1.54) is 24.9 Å². The third-order valence-corrected chi connectivity index (χ3v) is 4.35. The Morgan fingerprint density at radius 2 is 1.95 bits per heavy atom. The van der Waals surface area contributed by atoms with Crippen LogP contribution in [-0.2, 0) is 0 Å². The maximum atomic E-state index is 5.24. The average Bonchev–Trinajstić information content (AvgIpc) is 2.97. The zero-order chi connectivity index (χ0) is 14.5. The Morgan fingerprint density at radius 1 is 1.25 bits per heavy atom. The van der Waals surface area contributed by atoms with Crippen molar-refractivity contribution in [2.45, 2.75) is 51.7 Å². The number of hydrogen-bond acceptors (Lipinski definition) is 3. The molecule has 0 bridgehead atoms. The van der Waals surface area contributed by atoms with Crippen LogP contribution in [0.4, 0.5) is 0 Å². The number of ether oxygens (including phenoxy) is 1. The van der Waals surface area contributed by atoms with Crippen molar-refractivity contribution < 1.29 is 4.74 Å². The Morgan fingerprint density at radius 3 is 2.45 bits per heavy atom. The van der Waals surface area contributed by atoms with Crippen molar-refractivity contribution in [3.8, 4) is 5.75 Å². The van der Waals surface area contributed by atoms with Gasteiger partial charge in [-0.25, -0.2) is 0 Å². The minimum atomic E-state index is 0.434. The summed E-state index contributed by atoms with van der Waals surface area (Å²) in [4.78, 5) is 2.59. The molecule has 1 aliphatic heterocycles. The van der Waals surface area contributed by atoms with Crippen LogP contribution in [0.2, 0.25) is 0 Å². The van der Waals surface area contributed by atoms with E-state index < -0.39 is 0 Å². The van der Waals surface area contributed by atoms with Crippen molar-refractivity contribution >= 4 is 0 Å². The molecule has 20 heavy (non-hydrogen) atoms. The Bertz CT molecular complexity index is 396. The summed E-state index contributed by atoms with van der Waals surface area (Å²) in [6.07, 6.45) is 2.62. The molecule has 1 aromatic rings. The molecular formula is C17H28N2O. The summed E-state index contributed by atoms with van der Waals surface area (Å²) in [6.45, 7) is 9.18. The van der Waals surface area contributed by atoms with E-state index in [4.69, 9.17) is 4.74 Å². The van der Waals surface area contributed by atoms with Crippen LogP contribution in [0.15, 0.2) is 24.3 Å². The first-order valence-electron chi connectivity index (χ1n) is 7.75. The van der Waals surface area contributed by atoms with Crippen LogP contribution < -0.4 is 10.1 Å². The molecule has 2 unspecified atom stereocenters. The lowest BCUT2D eigenvalue weighted by Crippen LogP contribution is -2.42. The van der Waals surface area contributed by atoms with E-state index in [-0.39, 0.29) is 0 Å². The van der Waals surface area contributed by atoms with Crippen LogP contribution in [-0.4, -0.2) is 37.2 Å². The van der Waals surface area contributed by atoms with E-state index in [2.05, 4.69) is 55.3 Å². The molecule has 0 amide bonds. The molecule has 1 saturated heterocycles. The number of hydrogen-bond donors (Lipinski definition) is 1. The maximum Gasteiger partial charge on any atom is 0.118 e. The zero-order valence-corrected chi connectivity index (χ0v) is 13.2. The molecule has 112 valence electrons. The summed E-state index contributed by atoms with van der Waals surface area (Å²) in [5.41, 5.74) is 1.36. The fourth-order valence-electron chi connectivity index (χ4n) is 3.06. The fraction of sp³-hybridized carbons (Fsp3) is 0.647. The van der Waals surface area contributed by atoms with E-state index >= 15 is 0 Å². The molecule has 0 spiro atoms. The highest BCUT2D eigenvalue weighted by molar-refractivity contribution is 5.29. The third kappa shape index (κ3) is 3.74. The lowest BCUT2D eigenvalue weighted by Gasteiger charge is -2.35. The van der Waals surface area contributed by atoms with Crippen molar-refractivity contribution in [3.05, 3.63) is 29.8 Å². The van der Waals surface area contributed by atoms with Gasteiger partial charge in [-0.15, -0.1) is 0 Å². The first kappa shape index (κ1) is 15.3. The highest BCUT2D eigenvalue weighted by Crippen LogP contribution is 2.25. The molecule has 3 heteroatoms. The van der Waals surface area contributed by atoms with E-state index in [1.54, 1.807) is 7.11 Å². The largest absolute Gasteiger partial charge is 0.497 e. The topological polar surface area (TPSA) is 24.5 Å². The first-order chi connectivity index (χ1) is 9.61. The van der Waals surface area contributed by atoms with E-state index in [0.29, 0.717) is 18.1 Å². The predicted molar refractivity (Wildman–Crippen MR) is 84.3 cm³/mol. The van der Waals surface area contributed by atoms with E-state index in [0.717, 1.165) is 12.3 Å². The van der Waals surface area contributed by atoms with Gasteiger partial charge < -0.3 is 10.1 Å². The number of rotatable bonds is 6. The van der Waals surface area contributed by atoms with Gasteiger partial charge in [0.15, 0.2) is 0 Å². The number of benzene rings is 1. The molecule has 2 rings (SSSR count). The van der Waals surface area contributed by atoms with E-state index in [9.17, 15) is 0 Å². The summed E-state index contributed by atoms with van der Waals surface area (Å²) in [5.74, 6) is 0.925. The molecule has 0 radical (unpaired) electrons. The summed E-state index contributed by atoms with van der Waals surface area (Å²) in [5, 5.41) is 3.60. The fourth-order valence-corrected chi connectivity index (χ4v) is 3.06. The van der Waals surface area contributed by atoms with Gasteiger partial charge in [-0.2, -0.15) is 0 Å². The predicted octanol–water partition coefficient (Wildman–Crippen LogP) is 3.22. The van der Waals surface area contributed by atoms with Gasteiger partial charge in [0.25, 0.3) is 0 Å². The lowest BCUT2D eigenvalue weighted by atomic mass is 10.0. The van der Waals surface area contributed by atoms with Crippen LogP contribution >= 0.6 is 0 Å². The molecule has 1 N–H and O–H groups in total. The van der Waals surface area contributed by atoms with Gasteiger partial charge in [-0.1, -0.05) is 12.1 Å². The van der Waals surface area contributed by atoms with Crippen molar-refractivity contribution in [3.63, 3.8) is 0 Å². The highest BCUT2D eigenvalue weighted by atomic mass is 16.5. The van der Waals surface area contributed by atoms with Gasteiger partial charge in [0, 0.05) is 24.7 Å². The Balaban J connectivity index is 2.06. The van der Waals surface area contributed by atoms with Crippen molar-refractivity contribution in [2.75, 3.05) is 20.2 Å². The molecule has 0 saturated carbocycles. The smallest absolute Gasteiger partial charge is 0.118 e. The first-order valence-corrected chi connectivity index (χ1v) is 7.75. The van der Waals surface area contributed by atoms with Gasteiger partial charge >= 0.3 is 0 Å². The summed E-state index contributed by atoms with van der Waals surface area (Å²) in [7, 11) is 1.71.